The molecule has 36 heavy (non-hydrogen) atoms. The number of anilines is 1. The molecule has 0 aromatic heterocycles. The number of halogens is 2. The second-order valence-electron chi connectivity index (χ2n) is 8.71. The van der Waals surface area contributed by atoms with Gasteiger partial charge in [0.25, 0.3) is 0 Å². The van der Waals surface area contributed by atoms with Crippen molar-refractivity contribution in [1.29, 1.82) is 0 Å². The van der Waals surface area contributed by atoms with E-state index >= 15 is 0 Å². The van der Waals surface area contributed by atoms with E-state index in [-0.39, 0.29) is 24.2 Å². The molecule has 2 aromatic carbocycles. The number of nitrogens with one attached hydrogen (secondary N) is 1. The molecular formula is C24H29Cl2N3O6S. The maximum Gasteiger partial charge on any atom is 0.244 e. The molecule has 0 bridgehead atoms. The van der Waals surface area contributed by atoms with Crippen molar-refractivity contribution < 1.29 is 27.5 Å². The lowest BCUT2D eigenvalue weighted by atomic mass is 10.1. The number of carbonyl (C=O) groups excluding carboxylic acids is 2. The smallest absolute Gasteiger partial charge is 0.244 e. The topological polar surface area (TPSA) is 105 Å². The number of rotatable bonds is 9. The Kier molecular flexibility index (Phi) is 8.97. The molecule has 0 fully saturated rings. The average Bonchev–Trinajstić information content (AvgIpc) is 2.81. The fourth-order valence-corrected chi connectivity index (χ4v) is 4.79. The van der Waals surface area contributed by atoms with Crippen molar-refractivity contribution in [2.45, 2.75) is 39.4 Å². The van der Waals surface area contributed by atoms with Gasteiger partial charge in [0.2, 0.25) is 21.8 Å². The van der Waals surface area contributed by atoms with Crippen LogP contribution >= 0.6 is 23.2 Å². The molecule has 12 heteroatoms. The van der Waals surface area contributed by atoms with Gasteiger partial charge in [-0.15, -0.1) is 0 Å². The van der Waals surface area contributed by atoms with Crippen LogP contribution in [0.3, 0.4) is 0 Å². The second-order valence-corrected chi connectivity index (χ2v) is 11.4. The largest absolute Gasteiger partial charge is 0.486 e. The first-order valence-corrected chi connectivity index (χ1v) is 13.9. The van der Waals surface area contributed by atoms with Gasteiger partial charge in [0.1, 0.15) is 25.8 Å². The maximum absolute atomic E-state index is 13.6. The molecule has 1 heterocycles. The fourth-order valence-electron chi connectivity index (χ4n) is 3.62. The standard InChI is InChI=1S/C24H29Cl2N3O6S/c1-15(2)27-24(31)16(3)28(13-17-5-7-19(25)20(26)11-17)23(30)14-29(36(4,32)33)18-6-8-21-22(12-18)35-10-9-34-21/h5-8,11-12,15-16H,9-10,13-14H2,1-4H3,(H,27,31)/t16-/m1/s1. The Morgan fingerprint density at radius 3 is 2.28 bits per heavy atom. The minimum atomic E-state index is -3.87. The number of hydrogen-bond acceptors (Lipinski definition) is 6. The van der Waals surface area contributed by atoms with E-state index in [4.69, 9.17) is 32.7 Å². The molecule has 2 amide bonds. The molecule has 9 nitrogen and oxygen atoms in total. The SMILES string of the molecule is CC(C)NC(=O)[C@@H](C)N(Cc1ccc(Cl)c(Cl)c1)C(=O)CN(c1ccc2c(c1)OCCO2)S(C)(=O)=O. The van der Waals surface area contributed by atoms with Gasteiger partial charge in [0, 0.05) is 18.7 Å². The number of hydrogen-bond donors (Lipinski definition) is 1. The van der Waals surface area contributed by atoms with Crippen molar-refractivity contribution in [3.8, 4) is 11.5 Å². The number of carbonyl (C=O) groups is 2. The Bertz CT molecular complexity index is 1240. The molecule has 2 aromatic rings. The van der Waals surface area contributed by atoms with Crippen LogP contribution in [0.25, 0.3) is 0 Å². The van der Waals surface area contributed by atoms with Gasteiger partial charge in [-0.25, -0.2) is 8.42 Å². The number of benzene rings is 2. The van der Waals surface area contributed by atoms with Crippen molar-refractivity contribution >= 4 is 50.7 Å². The van der Waals surface area contributed by atoms with Gasteiger partial charge in [-0.05, 0) is 50.6 Å². The van der Waals surface area contributed by atoms with Crippen LogP contribution in [0.1, 0.15) is 26.3 Å². The van der Waals surface area contributed by atoms with E-state index in [0.717, 1.165) is 10.6 Å². The van der Waals surface area contributed by atoms with Crippen molar-refractivity contribution in [1.82, 2.24) is 10.2 Å². The number of nitrogens with zero attached hydrogens (tertiary/aromatic N) is 2. The highest BCUT2D eigenvalue weighted by Gasteiger charge is 2.31. The van der Waals surface area contributed by atoms with Crippen LogP contribution in [-0.4, -0.2) is 63.2 Å². The Balaban J connectivity index is 1.93. The van der Waals surface area contributed by atoms with Crippen molar-refractivity contribution in [3.63, 3.8) is 0 Å². The van der Waals surface area contributed by atoms with Crippen molar-refractivity contribution in [3.05, 3.63) is 52.0 Å². The van der Waals surface area contributed by atoms with Gasteiger partial charge < -0.3 is 19.7 Å². The number of fused-ring (bicyclic) bond motifs is 1. The zero-order chi connectivity index (χ0) is 26.6. The summed E-state index contributed by atoms with van der Waals surface area (Å²) in [4.78, 5) is 27.7. The Hall–Kier alpha value is -2.69. The quantitative estimate of drug-likeness (QED) is 0.506. The van der Waals surface area contributed by atoms with Gasteiger partial charge in [0.05, 0.1) is 22.0 Å². The summed E-state index contributed by atoms with van der Waals surface area (Å²) in [5.74, 6) is -0.0707. The number of sulfonamides is 1. The molecule has 1 aliphatic rings. The third-order valence-electron chi connectivity index (χ3n) is 5.43. The van der Waals surface area contributed by atoms with E-state index in [0.29, 0.717) is 40.3 Å². The summed E-state index contributed by atoms with van der Waals surface area (Å²) in [6.45, 7) is 5.41. The summed E-state index contributed by atoms with van der Waals surface area (Å²) >= 11 is 12.2. The predicted molar refractivity (Wildman–Crippen MR) is 139 cm³/mol. The molecule has 0 saturated carbocycles. The third kappa shape index (κ3) is 6.96. The molecule has 3 rings (SSSR count). The normalized spacial score (nSPS) is 13.8. The molecule has 0 spiro atoms. The van der Waals surface area contributed by atoms with Crippen LogP contribution in [0.5, 0.6) is 11.5 Å². The maximum atomic E-state index is 13.6. The summed E-state index contributed by atoms with van der Waals surface area (Å²) < 4.78 is 37.5. The molecule has 0 unspecified atom stereocenters. The van der Waals surface area contributed by atoms with Crippen molar-refractivity contribution in [2.24, 2.45) is 0 Å². The molecule has 196 valence electrons. The summed E-state index contributed by atoms with van der Waals surface area (Å²) in [5, 5.41) is 3.44. The second kappa shape index (κ2) is 11.6. The van der Waals surface area contributed by atoms with Crippen LogP contribution in [0.2, 0.25) is 10.0 Å². The van der Waals surface area contributed by atoms with E-state index in [1.807, 2.05) is 13.8 Å². The van der Waals surface area contributed by atoms with E-state index in [9.17, 15) is 18.0 Å². The predicted octanol–water partition coefficient (Wildman–Crippen LogP) is 3.47. The Morgan fingerprint density at radius 1 is 1.00 bits per heavy atom. The van der Waals surface area contributed by atoms with Crippen LogP contribution < -0.4 is 19.1 Å². The monoisotopic (exact) mass is 557 g/mol. The van der Waals surface area contributed by atoms with E-state index < -0.39 is 28.5 Å². The minimum absolute atomic E-state index is 0.0150. The summed E-state index contributed by atoms with van der Waals surface area (Å²) in [6.07, 6.45) is 1.01. The van der Waals surface area contributed by atoms with Crippen LogP contribution in [0.15, 0.2) is 36.4 Å². The Labute approximate surface area is 221 Å². The summed E-state index contributed by atoms with van der Waals surface area (Å²) in [5.41, 5.74) is 0.871. The summed E-state index contributed by atoms with van der Waals surface area (Å²) in [6, 6.07) is 8.50. The first-order chi connectivity index (χ1) is 16.9. The molecule has 0 saturated heterocycles. The first-order valence-electron chi connectivity index (χ1n) is 11.3. The first kappa shape index (κ1) is 27.9. The van der Waals surface area contributed by atoms with Gasteiger partial charge in [-0.3, -0.25) is 13.9 Å². The van der Waals surface area contributed by atoms with Gasteiger partial charge >= 0.3 is 0 Å². The molecule has 0 aliphatic carbocycles. The summed E-state index contributed by atoms with van der Waals surface area (Å²) in [7, 11) is -3.87. The molecule has 1 atom stereocenters. The lowest BCUT2D eigenvalue weighted by Gasteiger charge is -2.32. The Morgan fingerprint density at radius 2 is 1.67 bits per heavy atom. The molecule has 0 radical (unpaired) electrons. The number of ether oxygens (including phenoxy) is 2. The fraction of sp³-hybridized carbons (Fsp3) is 0.417. The zero-order valence-electron chi connectivity index (χ0n) is 20.5. The average molecular weight is 558 g/mol. The lowest BCUT2D eigenvalue weighted by Crippen LogP contribution is -2.52. The van der Waals surface area contributed by atoms with Gasteiger partial charge in [0.15, 0.2) is 11.5 Å². The highest BCUT2D eigenvalue weighted by Crippen LogP contribution is 2.34. The van der Waals surface area contributed by atoms with Crippen LogP contribution in [0.4, 0.5) is 5.69 Å². The van der Waals surface area contributed by atoms with Gasteiger partial charge in [-0.1, -0.05) is 29.3 Å². The van der Waals surface area contributed by atoms with E-state index in [1.54, 1.807) is 37.3 Å². The van der Waals surface area contributed by atoms with E-state index in [2.05, 4.69) is 5.32 Å². The third-order valence-corrected chi connectivity index (χ3v) is 7.31. The highest BCUT2D eigenvalue weighted by molar-refractivity contribution is 7.92. The minimum Gasteiger partial charge on any atom is -0.486 e. The molecule has 1 aliphatic heterocycles. The van der Waals surface area contributed by atoms with Crippen LogP contribution in [0, 0.1) is 0 Å². The zero-order valence-corrected chi connectivity index (χ0v) is 22.8. The number of amides is 2. The molecule has 1 N–H and O–H groups in total. The van der Waals surface area contributed by atoms with E-state index in [1.165, 1.54) is 11.0 Å². The lowest BCUT2D eigenvalue weighted by molar-refractivity contribution is -0.139. The molecular weight excluding hydrogens is 529 g/mol. The van der Waals surface area contributed by atoms with Gasteiger partial charge in [-0.2, -0.15) is 0 Å². The van der Waals surface area contributed by atoms with Crippen LogP contribution in [-0.2, 0) is 26.2 Å². The highest BCUT2D eigenvalue weighted by atomic mass is 35.5. The van der Waals surface area contributed by atoms with Crippen molar-refractivity contribution in [2.75, 3.05) is 30.3 Å².